The van der Waals surface area contributed by atoms with Crippen molar-refractivity contribution in [2.75, 3.05) is 12.3 Å². The molecular weight excluding hydrogens is 212 g/mol. The lowest BCUT2D eigenvalue weighted by Crippen LogP contribution is -2.25. The van der Waals surface area contributed by atoms with Crippen LogP contribution in [0.25, 0.3) is 0 Å². The Balaban J connectivity index is 2.77. The lowest BCUT2D eigenvalue weighted by atomic mass is 10.1. The first-order valence-electron chi connectivity index (χ1n) is 4.60. The number of hydrogen-bond donors (Lipinski definition) is 2. The molecule has 0 aliphatic carbocycles. The van der Waals surface area contributed by atoms with Gasteiger partial charge >= 0.3 is 0 Å². The van der Waals surface area contributed by atoms with Gasteiger partial charge in [0.25, 0.3) is 5.91 Å². The third-order valence-electron chi connectivity index (χ3n) is 1.91. The lowest BCUT2D eigenvalue weighted by Gasteiger charge is -2.07. The number of nitrogens with one attached hydrogen (secondary N) is 1. The monoisotopic (exact) mass is 224 g/mol. The van der Waals surface area contributed by atoms with Crippen LogP contribution in [0.5, 0.6) is 0 Å². The highest BCUT2D eigenvalue weighted by atomic mass is 35.5. The Morgan fingerprint density at radius 1 is 1.60 bits per heavy atom. The Bertz CT molecular complexity index is 357. The van der Waals surface area contributed by atoms with Gasteiger partial charge in [-0.05, 0) is 18.6 Å². The van der Waals surface area contributed by atoms with Crippen LogP contribution in [-0.4, -0.2) is 12.5 Å². The van der Waals surface area contributed by atoms with E-state index in [1.165, 1.54) is 0 Å². The Morgan fingerprint density at radius 2 is 2.33 bits per heavy atom. The number of carbonyl (C=O) groups is 1. The standard InChI is InChI=1S/C11H13ClN2O/c1-2-3-7-14-11(15)10-8(12)5-4-6-9(10)13/h2,4-6H,1,3,7,13H2,(H,14,15). The second kappa shape index (κ2) is 5.41. The molecule has 80 valence electrons. The summed E-state index contributed by atoms with van der Waals surface area (Å²) >= 11 is 5.88. The first-order valence-corrected chi connectivity index (χ1v) is 4.97. The van der Waals surface area contributed by atoms with Crippen LogP contribution in [0, 0.1) is 0 Å². The van der Waals surface area contributed by atoms with Gasteiger partial charge in [-0.1, -0.05) is 23.7 Å². The molecule has 3 N–H and O–H groups in total. The van der Waals surface area contributed by atoms with Gasteiger partial charge in [-0.2, -0.15) is 0 Å². The van der Waals surface area contributed by atoms with Crippen molar-refractivity contribution < 1.29 is 4.79 Å². The quantitative estimate of drug-likeness (QED) is 0.468. The topological polar surface area (TPSA) is 55.1 Å². The predicted molar refractivity (Wildman–Crippen MR) is 63.0 cm³/mol. The first-order chi connectivity index (χ1) is 7.16. The highest BCUT2D eigenvalue weighted by Gasteiger charge is 2.12. The van der Waals surface area contributed by atoms with Crippen molar-refractivity contribution >= 4 is 23.2 Å². The van der Waals surface area contributed by atoms with E-state index in [9.17, 15) is 4.79 Å². The molecular formula is C11H13ClN2O. The molecule has 0 saturated heterocycles. The number of carbonyl (C=O) groups excluding carboxylic acids is 1. The van der Waals surface area contributed by atoms with Gasteiger partial charge in [0.15, 0.2) is 0 Å². The van der Waals surface area contributed by atoms with E-state index in [1.54, 1.807) is 24.3 Å². The minimum absolute atomic E-state index is 0.250. The molecule has 0 aliphatic heterocycles. The second-order valence-electron chi connectivity index (χ2n) is 3.04. The number of nitrogen functional groups attached to an aromatic ring is 1. The van der Waals surface area contributed by atoms with Crippen LogP contribution in [0.3, 0.4) is 0 Å². The highest BCUT2D eigenvalue weighted by Crippen LogP contribution is 2.21. The Hall–Kier alpha value is -1.48. The van der Waals surface area contributed by atoms with Gasteiger partial charge in [0, 0.05) is 12.2 Å². The minimum atomic E-state index is -0.250. The molecule has 0 aromatic heterocycles. The molecule has 4 heteroatoms. The van der Waals surface area contributed by atoms with Gasteiger partial charge < -0.3 is 11.1 Å². The van der Waals surface area contributed by atoms with Crippen LogP contribution in [-0.2, 0) is 0 Å². The number of anilines is 1. The Labute approximate surface area is 93.9 Å². The summed E-state index contributed by atoms with van der Waals surface area (Å²) in [6.07, 6.45) is 2.45. The molecule has 1 amide bonds. The average molecular weight is 225 g/mol. The molecule has 0 fully saturated rings. The van der Waals surface area contributed by atoms with Crippen molar-refractivity contribution in [2.24, 2.45) is 0 Å². The molecule has 1 aromatic rings. The summed E-state index contributed by atoms with van der Waals surface area (Å²) in [7, 11) is 0. The van der Waals surface area contributed by atoms with E-state index in [2.05, 4.69) is 11.9 Å². The molecule has 15 heavy (non-hydrogen) atoms. The van der Waals surface area contributed by atoms with Crippen LogP contribution in [0.4, 0.5) is 5.69 Å². The normalized spacial score (nSPS) is 9.67. The third-order valence-corrected chi connectivity index (χ3v) is 2.22. The maximum Gasteiger partial charge on any atom is 0.254 e. The third kappa shape index (κ3) is 2.99. The van der Waals surface area contributed by atoms with E-state index in [-0.39, 0.29) is 5.91 Å². The fourth-order valence-electron chi connectivity index (χ4n) is 1.16. The number of nitrogens with two attached hydrogens (primary N) is 1. The summed E-state index contributed by atoms with van der Waals surface area (Å²) in [5, 5.41) is 3.07. The summed E-state index contributed by atoms with van der Waals surface area (Å²) in [6, 6.07) is 4.99. The summed E-state index contributed by atoms with van der Waals surface area (Å²) in [5.41, 5.74) is 6.39. The number of halogens is 1. The van der Waals surface area contributed by atoms with Gasteiger partial charge in [-0.15, -0.1) is 6.58 Å². The molecule has 0 radical (unpaired) electrons. The van der Waals surface area contributed by atoms with Crippen molar-refractivity contribution in [3.63, 3.8) is 0 Å². The zero-order valence-electron chi connectivity index (χ0n) is 8.29. The number of rotatable bonds is 4. The zero-order valence-corrected chi connectivity index (χ0v) is 9.05. The second-order valence-corrected chi connectivity index (χ2v) is 3.44. The van der Waals surface area contributed by atoms with Crippen molar-refractivity contribution in [1.82, 2.24) is 5.32 Å². The van der Waals surface area contributed by atoms with E-state index < -0.39 is 0 Å². The molecule has 0 saturated carbocycles. The van der Waals surface area contributed by atoms with Crippen LogP contribution < -0.4 is 11.1 Å². The molecule has 0 spiro atoms. The van der Waals surface area contributed by atoms with E-state index >= 15 is 0 Å². The summed E-state index contributed by atoms with van der Waals surface area (Å²) in [4.78, 5) is 11.7. The summed E-state index contributed by atoms with van der Waals surface area (Å²) in [6.45, 7) is 4.10. The minimum Gasteiger partial charge on any atom is -0.398 e. The van der Waals surface area contributed by atoms with Gasteiger partial charge in [0.2, 0.25) is 0 Å². The fourth-order valence-corrected chi connectivity index (χ4v) is 1.42. The first kappa shape index (κ1) is 11.6. The predicted octanol–water partition coefficient (Wildman–Crippen LogP) is 2.23. The molecule has 0 atom stereocenters. The Kier molecular flexibility index (Phi) is 4.18. The average Bonchev–Trinajstić information content (AvgIpc) is 2.18. The maximum atomic E-state index is 11.7. The number of benzene rings is 1. The SMILES string of the molecule is C=CCCNC(=O)c1c(N)cccc1Cl. The number of hydrogen-bond acceptors (Lipinski definition) is 2. The van der Waals surface area contributed by atoms with E-state index in [0.717, 1.165) is 6.42 Å². The summed E-state index contributed by atoms with van der Waals surface area (Å²) < 4.78 is 0. The highest BCUT2D eigenvalue weighted by molar-refractivity contribution is 6.34. The summed E-state index contributed by atoms with van der Waals surface area (Å²) in [5.74, 6) is -0.250. The van der Waals surface area contributed by atoms with Gasteiger partial charge in [-0.25, -0.2) is 0 Å². The van der Waals surface area contributed by atoms with E-state index in [0.29, 0.717) is 22.8 Å². The molecule has 0 unspecified atom stereocenters. The van der Waals surface area contributed by atoms with Crippen LogP contribution in [0.1, 0.15) is 16.8 Å². The van der Waals surface area contributed by atoms with Crippen molar-refractivity contribution in [3.8, 4) is 0 Å². The Morgan fingerprint density at radius 3 is 2.93 bits per heavy atom. The van der Waals surface area contributed by atoms with Gasteiger partial charge in [-0.3, -0.25) is 4.79 Å². The lowest BCUT2D eigenvalue weighted by molar-refractivity contribution is 0.0955. The largest absolute Gasteiger partial charge is 0.398 e. The van der Waals surface area contributed by atoms with Crippen molar-refractivity contribution in [1.29, 1.82) is 0 Å². The fraction of sp³-hybridized carbons (Fsp3) is 0.182. The smallest absolute Gasteiger partial charge is 0.254 e. The molecule has 3 nitrogen and oxygen atoms in total. The molecule has 1 rings (SSSR count). The van der Waals surface area contributed by atoms with E-state index in [4.69, 9.17) is 17.3 Å². The molecule has 0 heterocycles. The van der Waals surface area contributed by atoms with Crippen LogP contribution >= 0.6 is 11.6 Å². The van der Waals surface area contributed by atoms with Crippen molar-refractivity contribution in [2.45, 2.75) is 6.42 Å². The van der Waals surface area contributed by atoms with Crippen LogP contribution in [0.2, 0.25) is 5.02 Å². The molecule has 1 aromatic carbocycles. The molecule has 0 bridgehead atoms. The zero-order chi connectivity index (χ0) is 11.3. The van der Waals surface area contributed by atoms with Gasteiger partial charge in [0.1, 0.15) is 0 Å². The number of amides is 1. The van der Waals surface area contributed by atoms with Gasteiger partial charge in [0.05, 0.1) is 10.6 Å². The van der Waals surface area contributed by atoms with Crippen molar-refractivity contribution in [3.05, 3.63) is 41.4 Å². The van der Waals surface area contributed by atoms with E-state index in [1.807, 2.05) is 0 Å². The molecule has 0 aliphatic rings. The van der Waals surface area contributed by atoms with Crippen LogP contribution in [0.15, 0.2) is 30.9 Å². The maximum absolute atomic E-state index is 11.7.